The van der Waals surface area contributed by atoms with Gasteiger partial charge in [-0.15, -0.1) is 0 Å². The van der Waals surface area contributed by atoms with Crippen LogP contribution < -0.4 is 10.2 Å². The molecule has 1 unspecified atom stereocenters. The van der Waals surface area contributed by atoms with Crippen LogP contribution in [-0.2, 0) is 0 Å². The number of nitrogens with zero attached hydrogens (tertiary/aromatic N) is 1. The van der Waals surface area contributed by atoms with Gasteiger partial charge in [0.15, 0.2) is 0 Å². The minimum absolute atomic E-state index is 0.183. The lowest BCUT2D eigenvalue weighted by Gasteiger charge is -2.21. The fraction of sp³-hybridized carbons (Fsp3) is 0.625. The summed E-state index contributed by atoms with van der Waals surface area (Å²) >= 11 is 0. The molecule has 2 nitrogen and oxygen atoms in total. The molecule has 19 heavy (non-hydrogen) atoms. The van der Waals surface area contributed by atoms with Crippen molar-refractivity contribution in [3.05, 3.63) is 30.1 Å². The molecule has 0 heterocycles. The van der Waals surface area contributed by atoms with Gasteiger partial charge in [-0.1, -0.05) is 13.8 Å². The first-order chi connectivity index (χ1) is 8.99. The molecule has 108 valence electrons. The zero-order valence-electron chi connectivity index (χ0n) is 12.6. The van der Waals surface area contributed by atoms with Gasteiger partial charge in [-0.2, -0.15) is 0 Å². The first kappa shape index (κ1) is 16.0. The maximum absolute atomic E-state index is 12.8. The molecule has 0 radical (unpaired) electrons. The normalized spacial score (nSPS) is 12.7. The highest BCUT2D eigenvalue weighted by molar-refractivity contribution is 5.45. The lowest BCUT2D eigenvalue weighted by atomic mass is 10.0. The Balaban J connectivity index is 2.23. The molecule has 1 N–H and O–H groups in total. The molecule has 0 amide bonds. The van der Waals surface area contributed by atoms with Crippen LogP contribution in [0.2, 0.25) is 0 Å². The molecular formula is C16H27FN2. The number of rotatable bonds is 8. The van der Waals surface area contributed by atoms with Crippen molar-refractivity contribution in [3.8, 4) is 0 Å². The average molecular weight is 266 g/mol. The van der Waals surface area contributed by atoms with E-state index in [1.165, 1.54) is 25.0 Å². The second-order valence-corrected chi connectivity index (χ2v) is 5.72. The first-order valence-corrected chi connectivity index (χ1v) is 7.19. The Kier molecular flexibility index (Phi) is 6.85. The summed E-state index contributed by atoms with van der Waals surface area (Å²) in [5, 5.41) is 3.53. The number of halogens is 1. The quantitative estimate of drug-likeness (QED) is 0.772. The van der Waals surface area contributed by atoms with Crippen LogP contribution in [0.25, 0.3) is 0 Å². The molecule has 0 aromatic heterocycles. The molecule has 0 bridgehead atoms. The van der Waals surface area contributed by atoms with Crippen LogP contribution >= 0.6 is 0 Å². The van der Waals surface area contributed by atoms with Crippen LogP contribution in [0.4, 0.5) is 10.1 Å². The van der Waals surface area contributed by atoms with Gasteiger partial charge in [0.25, 0.3) is 0 Å². The number of likely N-dealkylation sites (N-methyl/N-ethyl adjacent to an activating group) is 1. The molecule has 0 fully saturated rings. The first-order valence-electron chi connectivity index (χ1n) is 7.19. The Morgan fingerprint density at radius 2 is 1.74 bits per heavy atom. The fourth-order valence-corrected chi connectivity index (χ4v) is 1.99. The molecule has 1 aromatic carbocycles. The lowest BCUT2D eigenvalue weighted by Crippen LogP contribution is -2.34. The Morgan fingerprint density at radius 1 is 1.11 bits per heavy atom. The Labute approximate surface area is 117 Å². The highest BCUT2D eigenvalue weighted by atomic mass is 19.1. The van der Waals surface area contributed by atoms with E-state index in [4.69, 9.17) is 0 Å². The van der Waals surface area contributed by atoms with E-state index in [-0.39, 0.29) is 5.82 Å². The van der Waals surface area contributed by atoms with E-state index in [2.05, 4.69) is 31.0 Å². The molecule has 0 aliphatic rings. The van der Waals surface area contributed by atoms with Crippen molar-refractivity contribution < 1.29 is 4.39 Å². The summed E-state index contributed by atoms with van der Waals surface area (Å²) in [7, 11) is 2.04. The van der Waals surface area contributed by atoms with Gasteiger partial charge < -0.3 is 10.2 Å². The van der Waals surface area contributed by atoms with E-state index in [1.807, 2.05) is 19.2 Å². The van der Waals surface area contributed by atoms with Gasteiger partial charge in [0.1, 0.15) is 5.82 Å². The van der Waals surface area contributed by atoms with Crippen molar-refractivity contribution in [2.45, 2.75) is 39.7 Å². The number of hydrogen-bond acceptors (Lipinski definition) is 2. The molecule has 0 saturated carbocycles. The van der Waals surface area contributed by atoms with Crippen LogP contribution in [0.3, 0.4) is 0 Å². The number of anilines is 1. The maximum atomic E-state index is 12.8. The van der Waals surface area contributed by atoms with Crippen molar-refractivity contribution in [2.24, 2.45) is 5.92 Å². The Hall–Kier alpha value is -1.09. The summed E-state index contributed by atoms with van der Waals surface area (Å²) < 4.78 is 12.8. The van der Waals surface area contributed by atoms with Crippen LogP contribution in [0.15, 0.2) is 24.3 Å². The predicted octanol–water partition coefficient (Wildman–Crippen LogP) is 3.68. The molecule has 0 aliphatic heterocycles. The molecule has 0 saturated heterocycles. The van der Waals surface area contributed by atoms with E-state index in [1.54, 1.807) is 0 Å². The maximum Gasteiger partial charge on any atom is 0.123 e. The summed E-state index contributed by atoms with van der Waals surface area (Å²) in [6.45, 7) is 8.63. The summed E-state index contributed by atoms with van der Waals surface area (Å²) in [6.07, 6.45) is 2.49. The van der Waals surface area contributed by atoms with Crippen molar-refractivity contribution in [3.63, 3.8) is 0 Å². The molecule has 1 rings (SSSR count). The van der Waals surface area contributed by atoms with Crippen molar-refractivity contribution in [2.75, 3.05) is 25.0 Å². The monoisotopic (exact) mass is 266 g/mol. The largest absolute Gasteiger partial charge is 0.373 e. The van der Waals surface area contributed by atoms with Crippen molar-refractivity contribution in [1.29, 1.82) is 0 Å². The molecule has 3 heteroatoms. The minimum atomic E-state index is -0.183. The second kappa shape index (κ2) is 8.16. The summed E-state index contributed by atoms with van der Waals surface area (Å²) in [5.74, 6) is 0.587. The summed E-state index contributed by atoms with van der Waals surface area (Å²) in [5.41, 5.74) is 1.05. The van der Waals surface area contributed by atoms with Crippen molar-refractivity contribution >= 4 is 5.69 Å². The average Bonchev–Trinajstić information content (AvgIpc) is 2.37. The predicted molar refractivity (Wildman–Crippen MR) is 81.2 cm³/mol. The topological polar surface area (TPSA) is 15.3 Å². The Bertz CT molecular complexity index is 348. The fourth-order valence-electron chi connectivity index (χ4n) is 1.99. The third kappa shape index (κ3) is 6.58. The minimum Gasteiger partial charge on any atom is -0.373 e. The van der Waals surface area contributed by atoms with Gasteiger partial charge >= 0.3 is 0 Å². The molecule has 0 aliphatic carbocycles. The smallest absolute Gasteiger partial charge is 0.123 e. The Morgan fingerprint density at radius 3 is 2.32 bits per heavy atom. The van der Waals surface area contributed by atoms with Gasteiger partial charge in [0, 0.05) is 31.9 Å². The van der Waals surface area contributed by atoms with Crippen molar-refractivity contribution in [1.82, 2.24) is 5.32 Å². The highest BCUT2D eigenvalue weighted by Gasteiger charge is 2.04. The third-order valence-electron chi connectivity index (χ3n) is 3.38. The summed E-state index contributed by atoms with van der Waals surface area (Å²) in [6, 6.07) is 7.20. The zero-order valence-corrected chi connectivity index (χ0v) is 12.6. The number of benzene rings is 1. The zero-order chi connectivity index (χ0) is 14.3. The van der Waals surface area contributed by atoms with Gasteiger partial charge in [-0.3, -0.25) is 0 Å². The van der Waals surface area contributed by atoms with E-state index in [0.717, 1.165) is 24.7 Å². The van der Waals surface area contributed by atoms with E-state index in [9.17, 15) is 4.39 Å². The molecular weight excluding hydrogens is 239 g/mol. The standard InChI is InChI=1S/C16H27FN2/c1-13(2)5-6-14(3)18-11-12-19(4)16-9-7-15(17)8-10-16/h7-10,13-14,18H,5-6,11-12H2,1-4H3. The van der Waals surface area contributed by atoms with Gasteiger partial charge in [-0.05, 0) is 49.9 Å². The van der Waals surface area contributed by atoms with E-state index >= 15 is 0 Å². The van der Waals surface area contributed by atoms with Crippen LogP contribution in [0.1, 0.15) is 33.6 Å². The lowest BCUT2D eigenvalue weighted by molar-refractivity contribution is 0.454. The summed E-state index contributed by atoms with van der Waals surface area (Å²) in [4.78, 5) is 2.14. The molecule has 1 aromatic rings. The van der Waals surface area contributed by atoms with Crippen LogP contribution in [0, 0.1) is 11.7 Å². The van der Waals surface area contributed by atoms with Gasteiger partial charge in [-0.25, -0.2) is 4.39 Å². The highest BCUT2D eigenvalue weighted by Crippen LogP contribution is 2.12. The van der Waals surface area contributed by atoms with Gasteiger partial charge in [0.05, 0.1) is 0 Å². The number of nitrogens with one attached hydrogen (secondary N) is 1. The van der Waals surface area contributed by atoms with Crippen LogP contribution in [0.5, 0.6) is 0 Å². The van der Waals surface area contributed by atoms with Crippen LogP contribution in [-0.4, -0.2) is 26.2 Å². The molecule has 0 spiro atoms. The van der Waals surface area contributed by atoms with Gasteiger partial charge in [0.2, 0.25) is 0 Å². The van der Waals surface area contributed by atoms with E-state index in [0.29, 0.717) is 6.04 Å². The second-order valence-electron chi connectivity index (χ2n) is 5.72. The number of hydrogen-bond donors (Lipinski definition) is 1. The molecule has 1 atom stereocenters. The van der Waals surface area contributed by atoms with E-state index < -0.39 is 0 Å². The third-order valence-corrected chi connectivity index (χ3v) is 3.38. The SMILES string of the molecule is CC(C)CCC(C)NCCN(C)c1ccc(F)cc1.